The fourth-order valence-corrected chi connectivity index (χ4v) is 2.52. The lowest BCUT2D eigenvalue weighted by Crippen LogP contribution is -2.18. The SMILES string of the molecule is C[C@@H](NCc1ccc([N+](=O)[O-])s1)c1ccccc1F. The zero-order chi connectivity index (χ0) is 13.8. The van der Waals surface area contributed by atoms with E-state index in [2.05, 4.69) is 5.32 Å². The molecular weight excluding hydrogens is 267 g/mol. The molecule has 1 aromatic heterocycles. The summed E-state index contributed by atoms with van der Waals surface area (Å²) < 4.78 is 13.5. The van der Waals surface area contributed by atoms with Crippen LogP contribution < -0.4 is 5.32 Å². The van der Waals surface area contributed by atoms with Crippen LogP contribution in [0.2, 0.25) is 0 Å². The first-order chi connectivity index (χ1) is 9.08. The molecule has 0 aliphatic rings. The van der Waals surface area contributed by atoms with Crippen molar-refractivity contribution in [2.45, 2.75) is 19.5 Å². The van der Waals surface area contributed by atoms with Gasteiger partial charge in [0, 0.05) is 29.1 Å². The minimum atomic E-state index is -0.408. The number of hydrogen-bond donors (Lipinski definition) is 1. The van der Waals surface area contributed by atoms with Crippen LogP contribution in [0, 0.1) is 15.9 Å². The number of nitrogens with one attached hydrogen (secondary N) is 1. The molecular formula is C13H13FN2O2S. The third-order valence-corrected chi connectivity index (χ3v) is 3.82. The van der Waals surface area contributed by atoms with Gasteiger partial charge in [-0.1, -0.05) is 29.5 Å². The summed E-state index contributed by atoms with van der Waals surface area (Å²) in [6.07, 6.45) is 0. The Kier molecular flexibility index (Phi) is 4.24. The third kappa shape index (κ3) is 3.36. The minimum Gasteiger partial charge on any atom is -0.305 e. The second kappa shape index (κ2) is 5.90. The highest BCUT2D eigenvalue weighted by Gasteiger charge is 2.12. The molecule has 1 N–H and O–H groups in total. The van der Waals surface area contributed by atoms with Gasteiger partial charge in [0.15, 0.2) is 0 Å². The molecule has 100 valence electrons. The van der Waals surface area contributed by atoms with Crippen molar-refractivity contribution in [3.05, 3.63) is 62.8 Å². The van der Waals surface area contributed by atoms with E-state index in [1.807, 2.05) is 6.92 Å². The molecule has 0 bridgehead atoms. The Hall–Kier alpha value is -1.79. The van der Waals surface area contributed by atoms with Crippen LogP contribution in [-0.2, 0) is 6.54 Å². The van der Waals surface area contributed by atoms with E-state index in [0.717, 1.165) is 16.2 Å². The third-order valence-electron chi connectivity index (χ3n) is 2.78. The van der Waals surface area contributed by atoms with Gasteiger partial charge < -0.3 is 5.32 Å². The standard InChI is InChI=1S/C13H13FN2O2S/c1-9(11-4-2-3-5-12(11)14)15-8-10-6-7-13(19-10)16(17)18/h2-7,9,15H,8H2,1H3/t9-/m1/s1. The summed E-state index contributed by atoms with van der Waals surface area (Å²) in [6, 6.07) is 9.62. The molecule has 0 saturated heterocycles. The van der Waals surface area contributed by atoms with Crippen molar-refractivity contribution in [2.75, 3.05) is 0 Å². The van der Waals surface area contributed by atoms with Gasteiger partial charge in [0.05, 0.1) is 4.92 Å². The summed E-state index contributed by atoms with van der Waals surface area (Å²) in [5, 5.41) is 13.8. The van der Waals surface area contributed by atoms with Crippen LogP contribution in [0.15, 0.2) is 36.4 Å². The van der Waals surface area contributed by atoms with Gasteiger partial charge in [-0.3, -0.25) is 10.1 Å². The molecule has 19 heavy (non-hydrogen) atoms. The van der Waals surface area contributed by atoms with Crippen LogP contribution in [0.25, 0.3) is 0 Å². The first kappa shape index (κ1) is 13.6. The topological polar surface area (TPSA) is 55.2 Å². The molecule has 0 saturated carbocycles. The second-order valence-corrected chi connectivity index (χ2v) is 5.27. The first-order valence-electron chi connectivity index (χ1n) is 5.79. The smallest absolute Gasteiger partial charge is 0.305 e. The van der Waals surface area contributed by atoms with E-state index in [4.69, 9.17) is 0 Å². The summed E-state index contributed by atoms with van der Waals surface area (Å²) in [4.78, 5) is 11.0. The fourth-order valence-electron chi connectivity index (χ4n) is 1.75. The van der Waals surface area contributed by atoms with E-state index in [0.29, 0.717) is 12.1 Å². The normalized spacial score (nSPS) is 12.3. The Morgan fingerprint density at radius 1 is 1.37 bits per heavy atom. The molecule has 1 aromatic carbocycles. The predicted octanol–water partition coefficient (Wildman–Crippen LogP) is 3.65. The van der Waals surface area contributed by atoms with E-state index >= 15 is 0 Å². The zero-order valence-corrected chi connectivity index (χ0v) is 11.1. The Morgan fingerprint density at radius 2 is 2.11 bits per heavy atom. The second-order valence-electron chi connectivity index (χ2n) is 4.12. The highest BCUT2D eigenvalue weighted by atomic mass is 32.1. The van der Waals surface area contributed by atoms with Crippen molar-refractivity contribution in [1.29, 1.82) is 0 Å². The van der Waals surface area contributed by atoms with Crippen LogP contribution in [0.3, 0.4) is 0 Å². The number of nitro groups is 1. The highest BCUT2D eigenvalue weighted by molar-refractivity contribution is 7.15. The molecule has 1 atom stereocenters. The maximum atomic E-state index is 13.5. The fraction of sp³-hybridized carbons (Fsp3) is 0.231. The number of benzene rings is 1. The maximum absolute atomic E-state index is 13.5. The molecule has 6 heteroatoms. The molecule has 0 amide bonds. The average molecular weight is 280 g/mol. The summed E-state index contributed by atoms with van der Waals surface area (Å²) in [5.74, 6) is -0.250. The monoisotopic (exact) mass is 280 g/mol. The Bertz CT molecular complexity index is 586. The lowest BCUT2D eigenvalue weighted by atomic mass is 10.1. The molecule has 2 aromatic rings. The van der Waals surface area contributed by atoms with Crippen molar-refractivity contribution in [1.82, 2.24) is 5.32 Å². The molecule has 0 aliphatic heterocycles. The van der Waals surface area contributed by atoms with E-state index in [9.17, 15) is 14.5 Å². The van der Waals surface area contributed by atoms with Gasteiger partial charge in [0.2, 0.25) is 0 Å². The first-order valence-corrected chi connectivity index (χ1v) is 6.60. The number of hydrogen-bond acceptors (Lipinski definition) is 4. The van der Waals surface area contributed by atoms with E-state index in [1.54, 1.807) is 24.3 Å². The van der Waals surface area contributed by atoms with Crippen molar-refractivity contribution in [3.63, 3.8) is 0 Å². The van der Waals surface area contributed by atoms with Gasteiger partial charge in [-0.2, -0.15) is 0 Å². The quantitative estimate of drug-likeness (QED) is 0.672. The largest absolute Gasteiger partial charge is 0.324 e. The van der Waals surface area contributed by atoms with Gasteiger partial charge >= 0.3 is 5.00 Å². The van der Waals surface area contributed by atoms with Gasteiger partial charge in [0.1, 0.15) is 5.82 Å². The van der Waals surface area contributed by atoms with Gasteiger partial charge in [-0.15, -0.1) is 0 Å². The van der Waals surface area contributed by atoms with Gasteiger partial charge in [0.25, 0.3) is 0 Å². The van der Waals surface area contributed by atoms with Crippen molar-refractivity contribution in [3.8, 4) is 0 Å². The Morgan fingerprint density at radius 3 is 2.74 bits per heavy atom. The molecule has 0 unspecified atom stereocenters. The average Bonchev–Trinajstić information content (AvgIpc) is 2.85. The van der Waals surface area contributed by atoms with Crippen LogP contribution in [0.1, 0.15) is 23.4 Å². The summed E-state index contributed by atoms with van der Waals surface area (Å²) in [6.45, 7) is 2.34. The maximum Gasteiger partial charge on any atom is 0.324 e. The van der Waals surface area contributed by atoms with Crippen molar-refractivity contribution < 1.29 is 9.31 Å². The Labute approximate surface area is 114 Å². The van der Waals surface area contributed by atoms with Crippen LogP contribution >= 0.6 is 11.3 Å². The number of thiophene rings is 1. The summed E-state index contributed by atoms with van der Waals surface area (Å²) in [7, 11) is 0. The minimum absolute atomic E-state index is 0.121. The molecule has 0 spiro atoms. The van der Waals surface area contributed by atoms with Crippen LogP contribution in [0.4, 0.5) is 9.39 Å². The summed E-state index contributed by atoms with van der Waals surface area (Å²) in [5.41, 5.74) is 0.591. The van der Waals surface area contributed by atoms with E-state index < -0.39 is 4.92 Å². The van der Waals surface area contributed by atoms with Crippen molar-refractivity contribution >= 4 is 16.3 Å². The van der Waals surface area contributed by atoms with Gasteiger partial charge in [-0.25, -0.2) is 4.39 Å². The van der Waals surface area contributed by atoms with Crippen LogP contribution in [-0.4, -0.2) is 4.92 Å². The lowest BCUT2D eigenvalue weighted by Gasteiger charge is -2.14. The van der Waals surface area contributed by atoms with Crippen molar-refractivity contribution in [2.24, 2.45) is 0 Å². The van der Waals surface area contributed by atoms with E-state index in [1.165, 1.54) is 12.1 Å². The van der Waals surface area contributed by atoms with Gasteiger partial charge in [-0.05, 0) is 19.1 Å². The molecule has 0 fully saturated rings. The molecule has 0 radical (unpaired) electrons. The summed E-state index contributed by atoms with van der Waals surface area (Å²) >= 11 is 1.13. The zero-order valence-electron chi connectivity index (χ0n) is 10.3. The lowest BCUT2D eigenvalue weighted by molar-refractivity contribution is -0.380. The molecule has 0 aliphatic carbocycles. The predicted molar refractivity (Wildman–Crippen MR) is 72.6 cm³/mol. The van der Waals surface area contributed by atoms with E-state index in [-0.39, 0.29) is 16.9 Å². The molecule has 4 nitrogen and oxygen atoms in total. The number of nitrogens with zero attached hydrogens (tertiary/aromatic N) is 1. The molecule has 2 rings (SSSR count). The van der Waals surface area contributed by atoms with Crippen LogP contribution in [0.5, 0.6) is 0 Å². The Balaban J connectivity index is 1.98. The number of rotatable bonds is 5. The highest BCUT2D eigenvalue weighted by Crippen LogP contribution is 2.24. The molecule has 1 heterocycles. The number of halogens is 1.